The minimum Gasteiger partial charge on any atom is -0.399 e. The van der Waals surface area contributed by atoms with E-state index in [0.29, 0.717) is 12.1 Å². The first kappa shape index (κ1) is 33.1. The van der Waals surface area contributed by atoms with Gasteiger partial charge in [0.2, 0.25) is 0 Å². The van der Waals surface area contributed by atoms with Crippen molar-refractivity contribution in [1.82, 2.24) is 0 Å². The van der Waals surface area contributed by atoms with E-state index in [1.165, 1.54) is 0 Å². The van der Waals surface area contributed by atoms with Gasteiger partial charge in [-0.2, -0.15) is 74.6 Å². The molecule has 1 aromatic rings. The Kier molecular flexibility index (Phi) is 8.18. The van der Waals surface area contributed by atoms with Gasteiger partial charge in [0.05, 0.1) is 5.56 Å². The standard InChI is InChI=1S/C17H11F17N2O2/c18-10(19,1-2-11(20,21)22)12(23,24)13(25,26)14(27,28)15(29,30)16(31,32)17(33,34)38-9(37)6-3-7(35)5-8(36)4-6/h3-5H,1-2,35-36H2. The number of esters is 1. The SMILES string of the molecule is Nc1cc(N)cc(C(=O)OC(F)(F)C(F)(F)C(F)(F)C(F)(F)C(F)(F)C(F)(F)C(F)(F)CCC(F)(F)F)c1. The van der Waals surface area contributed by atoms with Crippen LogP contribution >= 0.6 is 0 Å². The van der Waals surface area contributed by atoms with Gasteiger partial charge in [-0.05, 0) is 18.2 Å². The third-order valence-electron chi connectivity index (χ3n) is 4.56. The molecule has 0 unspecified atom stereocenters. The molecule has 0 atom stereocenters. The normalized spacial score (nSPS) is 15.0. The largest absolute Gasteiger partial charge is 0.473 e. The van der Waals surface area contributed by atoms with Crippen molar-refractivity contribution in [1.29, 1.82) is 0 Å². The van der Waals surface area contributed by atoms with Crippen molar-refractivity contribution in [3.63, 3.8) is 0 Å². The van der Waals surface area contributed by atoms with E-state index in [1.807, 2.05) is 0 Å². The first-order valence-corrected chi connectivity index (χ1v) is 9.09. The minimum absolute atomic E-state index is 0.331. The molecule has 4 nitrogen and oxygen atoms in total. The van der Waals surface area contributed by atoms with E-state index in [2.05, 4.69) is 4.74 Å². The molecular weight excluding hydrogens is 587 g/mol. The van der Waals surface area contributed by atoms with Crippen LogP contribution in [0.5, 0.6) is 0 Å². The van der Waals surface area contributed by atoms with Gasteiger partial charge < -0.3 is 16.2 Å². The van der Waals surface area contributed by atoms with E-state index in [-0.39, 0.29) is 0 Å². The molecular formula is C17H11F17N2O2. The van der Waals surface area contributed by atoms with Crippen LogP contribution < -0.4 is 11.5 Å². The molecule has 0 aliphatic rings. The second-order valence-electron chi connectivity index (χ2n) is 7.49. The maximum absolute atomic E-state index is 13.8. The molecule has 0 saturated heterocycles. The Morgan fingerprint density at radius 3 is 1.34 bits per heavy atom. The van der Waals surface area contributed by atoms with Crippen molar-refractivity contribution in [2.45, 2.75) is 60.7 Å². The molecule has 0 radical (unpaired) electrons. The lowest BCUT2D eigenvalue weighted by Gasteiger charge is -2.42. The van der Waals surface area contributed by atoms with Gasteiger partial charge in [0.25, 0.3) is 0 Å². The highest BCUT2D eigenvalue weighted by molar-refractivity contribution is 5.92. The van der Waals surface area contributed by atoms with Crippen molar-refractivity contribution in [3.8, 4) is 0 Å². The van der Waals surface area contributed by atoms with Gasteiger partial charge in [-0.15, -0.1) is 0 Å². The Bertz CT molecular complexity index is 1020. The Balaban J connectivity index is 3.49. The number of nitrogen functional groups attached to an aromatic ring is 2. The van der Waals surface area contributed by atoms with Crippen molar-refractivity contribution in [2.75, 3.05) is 11.5 Å². The molecule has 1 rings (SSSR count). The molecule has 0 aliphatic heterocycles. The number of hydrogen-bond donors (Lipinski definition) is 2. The first-order valence-electron chi connectivity index (χ1n) is 9.09. The summed E-state index contributed by atoms with van der Waals surface area (Å²) in [6.07, 6.45) is -19.6. The average molecular weight is 598 g/mol. The maximum atomic E-state index is 13.8. The minimum atomic E-state index is -8.55. The molecule has 38 heavy (non-hydrogen) atoms. The van der Waals surface area contributed by atoms with Gasteiger partial charge in [0, 0.05) is 24.2 Å². The van der Waals surface area contributed by atoms with Crippen LogP contribution in [0.15, 0.2) is 18.2 Å². The highest BCUT2D eigenvalue weighted by Gasteiger charge is 2.93. The Morgan fingerprint density at radius 1 is 0.579 bits per heavy atom. The molecule has 0 heterocycles. The van der Waals surface area contributed by atoms with Gasteiger partial charge >= 0.3 is 53.8 Å². The van der Waals surface area contributed by atoms with Crippen LogP contribution in [-0.2, 0) is 4.74 Å². The second-order valence-corrected chi connectivity index (χ2v) is 7.49. The predicted octanol–water partition coefficient (Wildman–Crippen LogP) is 6.75. The molecule has 21 heteroatoms. The molecule has 220 valence electrons. The van der Waals surface area contributed by atoms with Crippen molar-refractivity contribution >= 4 is 17.3 Å². The lowest BCUT2D eigenvalue weighted by molar-refractivity contribution is -0.460. The third-order valence-corrected chi connectivity index (χ3v) is 4.56. The highest BCUT2D eigenvalue weighted by atomic mass is 19.4. The Labute approximate surface area is 198 Å². The van der Waals surface area contributed by atoms with Crippen LogP contribution in [-0.4, -0.2) is 53.8 Å². The highest BCUT2D eigenvalue weighted by Crippen LogP contribution is 2.63. The number of carbonyl (C=O) groups is 1. The lowest BCUT2D eigenvalue weighted by Crippen LogP contribution is -2.73. The fourth-order valence-electron chi connectivity index (χ4n) is 2.49. The van der Waals surface area contributed by atoms with Gasteiger partial charge in [-0.1, -0.05) is 0 Å². The van der Waals surface area contributed by atoms with Crippen LogP contribution in [0, 0.1) is 0 Å². The zero-order chi connectivity index (χ0) is 30.6. The summed E-state index contributed by atoms with van der Waals surface area (Å²) in [7, 11) is 0. The molecule has 0 bridgehead atoms. The first-order chi connectivity index (χ1) is 16.5. The molecule has 0 spiro atoms. The summed E-state index contributed by atoms with van der Waals surface area (Å²) in [5.41, 5.74) is 7.77. The topological polar surface area (TPSA) is 78.3 Å². The van der Waals surface area contributed by atoms with E-state index in [0.717, 1.165) is 6.07 Å². The number of nitrogens with two attached hydrogens (primary N) is 2. The van der Waals surface area contributed by atoms with Gasteiger partial charge in [0.15, 0.2) is 0 Å². The van der Waals surface area contributed by atoms with Crippen LogP contribution in [0.2, 0.25) is 0 Å². The van der Waals surface area contributed by atoms with E-state index in [1.54, 1.807) is 0 Å². The molecule has 4 N–H and O–H groups in total. The molecule has 1 aromatic carbocycles. The smallest absolute Gasteiger partial charge is 0.399 e. The monoisotopic (exact) mass is 598 g/mol. The van der Waals surface area contributed by atoms with Gasteiger partial charge in [-0.25, -0.2) is 4.79 Å². The fraction of sp³-hybridized carbons (Fsp3) is 0.588. The van der Waals surface area contributed by atoms with Gasteiger partial charge in [0.1, 0.15) is 0 Å². The number of benzene rings is 1. The lowest BCUT2D eigenvalue weighted by atomic mass is 9.89. The summed E-state index contributed by atoms with van der Waals surface area (Å²) < 4.78 is 230. The van der Waals surface area contributed by atoms with Crippen LogP contribution in [0.25, 0.3) is 0 Å². The Morgan fingerprint density at radius 2 is 0.947 bits per heavy atom. The number of halogens is 17. The van der Waals surface area contributed by atoms with Crippen LogP contribution in [0.4, 0.5) is 86.0 Å². The van der Waals surface area contributed by atoms with E-state index in [9.17, 15) is 79.4 Å². The summed E-state index contributed by atoms with van der Waals surface area (Å²) >= 11 is 0. The average Bonchev–Trinajstić information content (AvgIpc) is 2.70. The van der Waals surface area contributed by atoms with Crippen LogP contribution in [0.1, 0.15) is 23.2 Å². The Hall–Kier alpha value is -2.90. The number of ether oxygens (including phenoxy) is 1. The van der Waals surface area contributed by atoms with Crippen molar-refractivity contribution in [2.24, 2.45) is 0 Å². The summed E-state index contributed by atoms with van der Waals surface area (Å²) in [4.78, 5) is 11.6. The number of alkyl halides is 17. The van der Waals surface area contributed by atoms with Crippen LogP contribution in [0.3, 0.4) is 0 Å². The molecule has 0 aromatic heterocycles. The summed E-state index contributed by atoms with van der Waals surface area (Å²) in [6.45, 7) is 0. The zero-order valence-electron chi connectivity index (χ0n) is 17.5. The van der Waals surface area contributed by atoms with E-state index < -0.39 is 83.6 Å². The number of hydrogen-bond acceptors (Lipinski definition) is 4. The number of anilines is 2. The van der Waals surface area contributed by atoms with E-state index >= 15 is 0 Å². The van der Waals surface area contributed by atoms with Crippen molar-refractivity contribution in [3.05, 3.63) is 23.8 Å². The van der Waals surface area contributed by atoms with E-state index in [4.69, 9.17) is 11.5 Å². The summed E-state index contributed by atoms with van der Waals surface area (Å²) in [5.74, 6) is -51.1. The fourth-order valence-corrected chi connectivity index (χ4v) is 2.49. The molecule has 0 fully saturated rings. The summed E-state index contributed by atoms with van der Waals surface area (Å²) in [5, 5.41) is 0. The molecule has 0 saturated carbocycles. The predicted molar refractivity (Wildman–Crippen MR) is 90.6 cm³/mol. The number of carbonyl (C=O) groups excluding carboxylic acids is 1. The van der Waals surface area contributed by atoms with Gasteiger partial charge in [-0.3, -0.25) is 0 Å². The number of rotatable bonds is 10. The maximum Gasteiger partial charge on any atom is 0.473 e. The third kappa shape index (κ3) is 5.45. The van der Waals surface area contributed by atoms with Crippen molar-refractivity contribution < 1.29 is 84.2 Å². The summed E-state index contributed by atoms with van der Waals surface area (Å²) in [6, 6.07) is 1.47. The molecule has 0 aliphatic carbocycles. The second kappa shape index (κ2) is 9.38. The molecule has 0 amide bonds. The quantitative estimate of drug-likeness (QED) is 0.178. The zero-order valence-corrected chi connectivity index (χ0v) is 17.5.